The number of hydrogen-bond donors (Lipinski definition) is 2. The summed E-state index contributed by atoms with van der Waals surface area (Å²) >= 11 is 0. The van der Waals surface area contributed by atoms with E-state index in [1.807, 2.05) is 30.3 Å². The van der Waals surface area contributed by atoms with Crippen molar-refractivity contribution in [3.8, 4) is 0 Å². The van der Waals surface area contributed by atoms with Crippen molar-refractivity contribution in [2.45, 2.75) is 46.2 Å². The van der Waals surface area contributed by atoms with Gasteiger partial charge in [-0.25, -0.2) is 10.1 Å². The van der Waals surface area contributed by atoms with Crippen LogP contribution in [0.25, 0.3) is 21.8 Å². The van der Waals surface area contributed by atoms with E-state index in [1.165, 1.54) is 0 Å². The third-order valence-electron chi connectivity index (χ3n) is 5.50. The average Bonchev–Trinajstić information content (AvgIpc) is 3.13. The van der Waals surface area contributed by atoms with Gasteiger partial charge < -0.3 is 9.88 Å². The second-order valence-electron chi connectivity index (χ2n) is 8.43. The van der Waals surface area contributed by atoms with Gasteiger partial charge in [-0.1, -0.05) is 44.2 Å². The van der Waals surface area contributed by atoms with E-state index in [1.54, 1.807) is 12.1 Å². The molecule has 7 nitrogen and oxygen atoms in total. The number of aromatic amines is 1. The van der Waals surface area contributed by atoms with Gasteiger partial charge in [0.25, 0.3) is 5.56 Å². The van der Waals surface area contributed by atoms with Crippen LogP contribution >= 0.6 is 0 Å². The summed E-state index contributed by atoms with van der Waals surface area (Å²) in [5, 5.41) is 11.0. The lowest BCUT2D eigenvalue weighted by Gasteiger charge is -2.25. The first kappa shape index (κ1) is 20.8. The molecular weight excluding hydrogens is 390 g/mol. The summed E-state index contributed by atoms with van der Waals surface area (Å²) in [6.07, 6.45) is 0.0718. The summed E-state index contributed by atoms with van der Waals surface area (Å²) < 4.78 is 2.19. The molecule has 1 atom stereocenters. The second kappa shape index (κ2) is 8.34. The molecule has 1 unspecified atom stereocenters. The Labute approximate surface area is 180 Å². The largest absolute Gasteiger partial charge is 0.346 e. The van der Waals surface area contributed by atoms with Crippen LogP contribution in [0.15, 0.2) is 53.3 Å². The van der Waals surface area contributed by atoms with Crippen molar-refractivity contribution in [2.24, 2.45) is 5.92 Å². The van der Waals surface area contributed by atoms with Crippen molar-refractivity contribution in [1.82, 2.24) is 25.1 Å². The summed E-state index contributed by atoms with van der Waals surface area (Å²) in [6.45, 7) is 8.38. The van der Waals surface area contributed by atoms with Crippen LogP contribution in [0.1, 0.15) is 51.3 Å². The predicted molar refractivity (Wildman–Crippen MR) is 122 cm³/mol. The maximum atomic E-state index is 13.0. The number of amides is 1. The van der Waals surface area contributed by atoms with Crippen molar-refractivity contribution < 1.29 is 4.79 Å². The monoisotopic (exact) mass is 417 g/mol. The molecule has 0 aliphatic heterocycles. The van der Waals surface area contributed by atoms with E-state index in [-0.39, 0.29) is 35.9 Å². The van der Waals surface area contributed by atoms with Gasteiger partial charge >= 0.3 is 0 Å². The molecule has 2 aromatic carbocycles. The van der Waals surface area contributed by atoms with E-state index >= 15 is 0 Å². The van der Waals surface area contributed by atoms with Crippen LogP contribution in [0.3, 0.4) is 0 Å². The van der Waals surface area contributed by atoms with E-state index in [2.05, 4.69) is 53.8 Å². The molecule has 0 saturated carbocycles. The van der Waals surface area contributed by atoms with E-state index in [4.69, 9.17) is 4.98 Å². The van der Waals surface area contributed by atoms with Gasteiger partial charge in [0.1, 0.15) is 5.82 Å². The van der Waals surface area contributed by atoms with Crippen molar-refractivity contribution in [1.29, 1.82) is 0 Å². The molecule has 2 aromatic heterocycles. The topological polar surface area (TPSA) is 92.7 Å². The zero-order valence-electron chi connectivity index (χ0n) is 18.2. The molecule has 31 heavy (non-hydrogen) atoms. The molecule has 0 aliphatic carbocycles. The van der Waals surface area contributed by atoms with Gasteiger partial charge in [0.15, 0.2) is 0 Å². The Morgan fingerprint density at radius 3 is 2.42 bits per heavy atom. The number of nitrogens with one attached hydrogen (secondary N) is 2. The van der Waals surface area contributed by atoms with Gasteiger partial charge in [-0.05, 0) is 38.0 Å². The third kappa shape index (κ3) is 3.95. The van der Waals surface area contributed by atoms with Crippen molar-refractivity contribution >= 4 is 27.7 Å². The molecule has 0 aliphatic rings. The van der Waals surface area contributed by atoms with Crippen molar-refractivity contribution in [2.75, 3.05) is 0 Å². The number of imidazole rings is 1. The number of benzene rings is 2. The van der Waals surface area contributed by atoms with Gasteiger partial charge in [-0.2, -0.15) is 5.10 Å². The minimum atomic E-state index is -0.259. The summed E-state index contributed by atoms with van der Waals surface area (Å²) in [5.41, 5.74) is 2.26. The molecule has 2 heterocycles. The summed E-state index contributed by atoms with van der Waals surface area (Å²) in [7, 11) is 0. The molecule has 0 radical (unpaired) electrons. The number of para-hydroxylation sites is 2. The maximum absolute atomic E-state index is 13.0. The quantitative estimate of drug-likeness (QED) is 0.497. The van der Waals surface area contributed by atoms with Gasteiger partial charge in [-0.3, -0.25) is 9.59 Å². The molecule has 4 rings (SSSR count). The zero-order valence-corrected chi connectivity index (χ0v) is 18.2. The number of carbonyl (C=O) groups is 1. The Balaban J connectivity index is 1.67. The number of rotatable bonds is 6. The molecule has 4 aromatic rings. The van der Waals surface area contributed by atoms with E-state index in [0.29, 0.717) is 16.5 Å². The Morgan fingerprint density at radius 1 is 1.03 bits per heavy atom. The number of nitrogens with zero attached hydrogens (tertiary/aromatic N) is 3. The Kier molecular flexibility index (Phi) is 5.59. The maximum Gasteiger partial charge on any atom is 0.272 e. The summed E-state index contributed by atoms with van der Waals surface area (Å²) in [4.78, 5) is 29.9. The van der Waals surface area contributed by atoms with Crippen molar-refractivity contribution in [3.05, 3.63) is 70.4 Å². The first-order valence-electron chi connectivity index (χ1n) is 10.6. The van der Waals surface area contributed by atoms with Crippen LogP contribution in [0, 0.1) is 5.92 Å². The predicted octanol–water partition coefficient (Wildman–Crippen LogP) is 3.91. The van der Waals surface area contributed by atoms with Gasteiger partial charge in [0.2, 0.25) is 5.91 Å². The van der Waals surface area contributed by atoms with Gasteiger partial charge in [0, 0.05) is 11.4 Å². The second-order valence-corrected chi connectivity index (χ2v) is 8.43. The average molecular weight is 418 g/mol. The fraction of sp³-hybridized carbons (Fsp3) is 0.333. The normalized spacial score (nSPS) is 12.7. The van der Waals surface area contributed by atoms with Crippen LogP contribution in [0.2, 0.25) is 0 Å². The van der Waals surface area contributed by atoms with Crippen LogP contribution in [-0.4, -0.2) is 25.7 Å². The Morgan fingerprint density at radius 2 is 1.71 bits per heavy atom. The number of H-pyrrole nitrogens is 1. The summed E-state index contributed by atoms with van der Waals surface area (Å²) in [6, 6.07) is 15.2. The number of hydrogen-bond acceptors (Lipinski definition) is 4. The molecule has 0 bridgehead atoms. The first-order valence-corrected chi connectivity index (χ1v) is 10.6. The molecule has 0 fully saturated rings. The van der Waals surface area contributed by atoms with E-state index < -0.39 is 0 Å². The van der Waals surface area contributed by atoms with Crippen molar-refractivity contribution in [3.63, 3.8) is 0 Å². The van der Waals surface area contributed by atoms with Gasteiger partial charge in [-0.15, -0.1) is 0 Å². The van der Waals surface area contributed by atoms with Crippen LogP contribution in [-0.2, 0) is 11.2 Å². The number of fused-ring (bicyclic) bond motifs is 2. The minimum absolute atomic E-state index is 0.0718. The van der Waals surface area contributed by atoms with Crippen LogP contribution < -0.4 is 10.9 Å². The first-order chi connectivity index (χ1) is 14.9. The molecular formula is C24H27N5O2. The molecule has 0 spiro atoms. The number of aromatic nitrogens is 4. The standard InChI is InChI=1S/C24H27N5O2/c1-14(2)22(23-25-18-11-7-8-12-20(18)29(23)15(3)4)26-21(30)13-19-16-9-5-6-10-17(16)24(31)28-27-19/h5-12,14-15,22H,13H2,1-4H3,(H,26,30)(H,28,31). The summed E-state index contributed by atoms with van der Waals surface area (Å²) in [5.74, 6) is 0.822. The van der Waals surface area contributed by atoms with E-state index in [9.17, 15) is 9.59 Å². The van der Waals surface area contributed by atoms with Crippen LogP contribution in [0.4, 0.5) is 0 Å². The highest BCUT2D eigenvalue weighted by atomic mass is 16.1. The smallest absolute Gasteiger partial charge is 0.272 e. The van der Waals surface area contributed by atoms with E-state index in [0.717, 1.165) is 16.9 Å². The molecule has 1 amide bonds. The Bertz CT molecular complexity index is 1300. The highest BCUT2D eigenvalue weighted by Gasteiger charge is 2.26. The highest BCUT2D eigenvalue weighted by molar-refractivity contribution is 5.88. The third-order valence-corrected chi connectivity index (χ3v) is 5.50. The lowest BCUT2D eigenvalue weighted by Crippen LogP contribution is -2.35. The number of carbonyl (C=O) groups excluding carboxylic acids is 1. The van der Waals surface area contributed by atoms with Crippen LogP contribution in [0.5, 0.6) is 0 Å². The van der Waals surface area contributed by atoms with Gasteiger partial charge in [0.05, 0.1) is 34.6 Å². The lowest BCUT2D eigenvalue weighted by atomic mass is 10.0. The molecule has 2 N–H and O–H groups in total. The molecule has 7 heteroatoms. The fourth-order valence-corrected chi connectivity index (χ4v) is 4.04. The highest BCUT2D eigenvalue weighted by Crippen LogP contribution is 2.29. The fourth-order valence-electron chi connectivity index (χ4n) is 4.04. The molecule has 0 saturated heterocycles. The lowest BCUT2D eigenvalue weighted by molar-refractivity contribution is -0.121. The zero-order chi connectivity index (χ0) is 22.1. The Hall–Kier alpha value is -3.48. The molecule has 160 valence electrons. The minimum Gasteiger partial charge on any atom is -0.346 e. The SMILES string of the molecule is CC(C)C(NC(=O)Cc1n[nH]c(=O)c2ccccc12)c1nc2ccccc2n1C(C)C.